The van der Waals surface area contributed by atoms with Gasteiger partial charge in [-0.15, -0.1) is 0 Å². The number of rotatable bonds is 11. The Morgan fingerprint density at radius 1 is 1.08 bits per heavy atom. The van der Waals surface area contributed by atoms with E-state index in [-0.39, 0.29) is 17.9 Å². The van der Waals surface area contributed by atoms with E-state index in [1.807, 2.05) is 66.1 Å². The molecule has 4 rings (SSSR count). The lowest BCUT2D eigenvalue weighted by Gasteiger charge is -2.39. The smallest absolute Gasteiger partial charge is 0.225 e. The van der Waals surface area contributed by atoms with Gasteiger partial charge in [-0.05, 0) is 52.8 Å². The number of hydrogen-bond donors (Lipinski definition) is 0. The summed E-state index contributed by atoms with van der Waals surface area (Å²) in [6.45, 7) is 7.14. The minimum atomic E-state index is -3.28. The molecule has 0 unspecified atom stereocenters. The summed E-state index contributed by atoms with van der Waals surface area (Å²) in [6.07, 6.45) is 8.13. The van der Waals surface area contributed by atoms with E-state index in [2.05, 4.69) is 15.0 Å². The molecule has 1 aliphatic carbocycles. The highest BCUT2D eigenvalue weighted by Gasteiger charge is 2.35. The van der Waals surface area contributed by atoms with E-state index in [0.717, 1.165) is 50.2 Å². The van der Waals surface area contributed by atoms with Gasteiger partial charge in [-0.25, -0.2) is 13.4 Å². The zero-order chi connectivity index (χ0) is 28.0. The van der Waals surface area contributed by atoms with Gasteiger partial charge in [0.05, 0.1) is 37.0 Å². The Morgan fingerprint density at radius 2 is 1.79 bits per heavy atom. The molecule has 0 spiro atoms. The topological polar surface area (TPSA) is 104 Å². The monoisotopic (exact) mass is 561 g/mol. The van der Waals surface area contributed by atoms with Crippen LogP contribution in [0, 0.1) is 5.92 Å². The van der Waals surface area contributed by atoms with E-state index >= 15 is 0 Å². The van der Waals surface area contributed by atoms with E-state index in [9.17, 15) is 13.2 Å². The van der Waals surface area contributed by atoms with Crippen LogP contribution in [0.15, 0.2) is 30.6 Å². The fourth-order valence-electron chi connectivity index (χ4n) is 5.51. The zero-order valence-electron chi connectivity index (χ0n) is 23.7. The van der Waals surface area contributed by atoms with Crippen molar-refractivity contribution in [2.24, 2.45) is 5.92 Å². The summed E-state index contributed by atoms with van der Waals surface area (Å²) >= 11 is 0. The normalized spacial score (nSPS) is 20.6. The summed E-state index contributed by atoms with van der Waals surface area (Å²) in [5, 5.41) is 4.52. The molecule has 0 radical (unpaired) electrons. The molecule has 2 aromatic rings. The van der Waals surface area contributed by atoms with Crippen molar-refractivity contribution in [3.8, 4) is 5.88 Å². The van der Waals surface area contributed by atoms with E-state index < -0.39 is 10.0 Å². The van der Waals surface area contributed by atoms with Crippen LogP contribution >= 0.6 is 0 Å². The molecule has 0 atom stereocenters. The largest absolute Gasteiger partial charge is 0.478 e. The van der Waals surface area contributed by atoms with E-state index in [0.29, 0.717) is 45.2 Å². The van der Waals surface area contributed by atoms with Crippen molar-refractivity contribution in [1.82, 2.24) is 28.9 Å². The molecule has 12 heteroatoms. The van der Waals surface area contributed by atoms with Gasteiger partial charge >= 0.3 is 0 Å². The average Bonchev–Trinajstić information content (AvgIpc) is 3.37. The van der Waals surface area contributed by atoms with Crippen molar-refractivity contribution >= 4 is 21.6 Å². The first-order valence-corrected chi connectivity index (χ1v) is 15.8. The van der Waals surface area contributed by atoms with E-state index in [1.54, 1.807) is 4.31 Å². The van der Waals surface area contributed by atoms with Gasteiger partial charge in [-0.3, -0.25) is 9.48 Å². The number of likely N-dealkylation sites (N-methyl/N-ethyl adjacent to an activating group) is 1. The Bertz CT molecular complexity index is 1190. The molecule has 216 valence electrons. The molecule has 0 N–H and O–H groups in total. The molecular weight excluding hydrogens is 518 g/mol. The first kappa shape index (κ1) is 29.3. The molecule has 1 saturated carbocycles. The van der Waals surface area contributed by atoms with Gasteiger partial charge in [-0.1, -0.05) is 6.07 Å². The van der Waals surface area contributed by atoms with Gasteiger partial charge in [0.2, 0.25) is 21.8 Å². The summed E-state index contributed by atoms with van der Waals surface area (Å²) in [7, 11) is 0.613. The number of ether oxygens (including phenoxy) is 1. The number of pyridine rings is 1. The highest BCUT2D eigenvalue weighted by molar-refractivity contribution is 7.88. The quantitative estimate of drug-likeness (QED) is 0.409. The van der Waals surface area contributed by atoms with Gasteiger partial charge in [-0.2, -0.15) is 9.40 Å². The van der Waals surface area contributed by atoms with Gasteiger partial charge in [0.25, 0.3) is 0 Å². The van der Waals surface area contributed by atoms with Gasteiger partial charge in [0.1, 0.15) is 0 Å². The molecule has 0 aromatic carbocycles. The second-order valence-electron chi connectivity index (χ2n) is 10.8. The Morgan fingerprint density at radius 3 is 2.44 bits per heavy atom. The SMILES string of the molecule is CCOc1cccc(Cn2cc(N3CCN(C(=O)[C@H]4CC[C@H](N(CCN(C)C)S(C)(=O)=O)CC4)CC3)cn2)n1. The van der Waals surface area contributed by atoms with Gasteiger partial charge in [0.15, 0.2) is 0 Å². The van der Waals surface area contributed by atoms with Crippen molar-refractivity contribution in [3.63, 3.8) is 0 Å². The minimum absolute atomic E-state index is 0.0192. The van der Waals surface area contributed by atoms with Crippen LogP contribution in [0.3, 0.4) is 0 Å². The van der Waals surface area contributed by atoms with Crippen molar-refractivity contribution in [1.29, 1.82) is 0 Å². The molecule has 1 saturated heterocycles. The standard InChI is InChI=1S/C27H43N7O4S/c1-5-38-26-8-6-7-23(29-26)20-33-21-25(19-28-33)31-14-16-32(17-15-31)27(35)22-9-11-24(12-10-22)34(39(4,36)37)18-13-30(2)3/h6-8,19,21-22,24H,5,9-18,20H2,1-4H3/t22-,24-. The number of sulfonamides is 1. The third kappa shape index (κ3) is 7.92. The van der Waals surface area contributed by atoms with Crippen molar-refractivity contribution in [2.45, 2.75) is 45.2 Å². The number of hydrogen-bond acceptors (Lipinski definition) is 8. The molecule has 0 bridgehead atoms. The maximum atomic E-state index is 13.3. The zero-order valence-corrected chi connectivity index (χ0v) is 24.5. The minimum Gasteiger partial charge on any atom is -0.478 e. The number of amides is 1. The van der Waals surface area contributed by atoms with E-state index in [1.165, 1.54) is 6.26 Å². The van der Waals surface area contributed by atoms with Crippen molar-refractivity contribution in [2.75, 3.05) is 71.1 Å². The third-order valence-corrected chi connectivity index (χ3v) is 8.95. The predicted molar refractivity (Wildman–Crippen MR) is 151 cm³/mol. The molecule has 2 aromatic heterocycles. The Labute approximate surface area is 232 Å². The fraction of sp³-hybridized carbons (Fsp3) is 0.667. The molecule has 1 amide bonds. The van der Waals surface area contributed by atoms with Crippen molar-refractivity contribution in [3.05, 3.63) is 36.3 Å². The number of nitrogens with zero attached hydrogens (tertiary/aromatic N) is 7. The lowest BCUT2D eigenvalue weighted by molar-refractivity contribution is -0.137. The second kappa shape index (κ2) is 13.1. The van der Waals surface area contributed by atoms with Crippen LogP contribution in [-0.4, -0.2) is 115 Å². The summed E-state index contributed by atoms with van der Waals surface area (Å²) < 4.78 is 33.8. The van der Waals surface area contributed by atoms with Crippen LogP contribution in [0.2, 0.25) is 0 Å². The predicted octanol–water partition coefficient (Wildman–Crippen LogP) is 1.76. The summed E-state index contributed by atoms with van der Waals surface area (Å²) in [5.74, 6) is 0.808. The van der Waals surface area contributed by atoms with Gasteiger partial charge < -0.3 is 19.4 Å². The summed E-state index contributed by atoms with van der Waals surface area (Å²) in [6, 6.07) is 5.73. The van der Waals surface area contributed by atoms with Crippen LogP contribution in [0.4, 0.5) is 5.69 Å². The Balaban J connectivity index is 1.25. The van der Waals surface area contributed by atoms with Crippen LogP contribution in [0.25, 0.3) is 0 Å². The Hall–Kier alpha value is -2.70. The number of carbonyl (C=O) groups excluding carboxylic acids is 1. The lowest BCUT2D eigenvalue weighted by Crippen LogP contribution is -2.51. The third-order valence-electron chi connectivity index (χ3n) is 7.62. The first-order chi connectivity index (χ1) is 18.6. The second-order valence-corrected chi connectivity index (χ2v) is 12.7. The highest BCUT2D eigenvalue weighted by atomic mass is 32.2. The van der Waals surface area contributed by atoms with Crippen molar-refractivity contribution < 1.29 is 17.9 Å². The molecule has 2 fully saturated rings. The highest BCUT2D eigenvalue weighted by Crippen LogP contribution is 2.30. The number of aromatic nitrogens is 3. The van der Waals surface area contributed by atoms with Crippen LogP contribution in [-0.2, 0) is 21.4 Å². The number of carbonyl (C=O) groups is 1. The first-order valence-electron chi connectivity index (χ1n) is 13.9. The van der Waals surface area contributed by atoms with E-state index in [4.69, 9.17) is 4.74 Å². The maximum absolute atomic E-state index is 13.3. The molecule has 1 aliphatic heterocycles. The summed E-state index contributed by atoms with van der Waals surface area (Å²) in [4.78, 5) is 24.1. The molecular formula is C27H43N7O4S. The summed E-state index contributed by atoms with van der Waals surface area (Å²) in [5.41, 5.74) is 1.93. The fourth-order valence-corrected chi connectivity index (χ4v) is 6.68. The van der Waals surface area contributed by atoms with Gasteiger partial charge in [0, 0.05) is 63.5 Å². The maximum Gasteiger partial charge on any atom is 0.225 e. The molecule has 39 heavy (non-hydrogen) atoms. The number of piperazine rings is 1. The lowest BCUT2D eigenvalue weighted by atomic mass is 9.85. The average molecular weight is 562 g/mol. The van der Waals surface area contributed by atoms with Crippen LogP contribution in [0.1, 0.15) is 38.3 Å². The molecule has 2 aliphatic rings. The molecule has 11 nitrogen and oxygen atoms in total. The van der Waals surface area contributed by atoms with Crippen LogP contribution < -0.4 is 9.64 Å². The molecule has 3 heterocycles. The van der Waals surface area contributed by atoms with Crippen LogP contribution in [0.5, 0.6) is 5.88 Å². The Kier molecular flexibility index (Phi) is 9.84. The number of anilines is 1.